The normalized spacial score (nSPS) is 10.6. The third-order valence-electron chi connectivity index (χ3n) is 1.73. The Balaban J connectivity index is 0.000000424. The van der Waals surface area contributed by atoms with E-state index in [0.717, 1.165) is 0 Å². The van der Waals surface area contributed by atoms with Crippen LogP contribution < -0.4 is 5.32 Å². The first-order chi connectivity index (χ1) is 6.26. The minimum Gasteiger partial charge on any atom is -0.313 e. The largest absolute Gasteiger partial charge is 0.373 e. The van der Waals surface area contributed by atoms with Gasteiger partial charge in [-0.1, -0.05) is 30.3 Å². The lowest BCUT2D eigenvalue weighted by Gasteiger charge is -2.08. The summed E-state index contributed by atoms with van der Waals surface area (Å²) < 4.78 is 0. The van der Waals surface area contributed by atoms with Gasteiger partial charge in [0.1, 0.15) is 0 Å². The third-order valence-corrected chi connectivity index (χ3v) is 1.73. The van der Waals surface area contributed by atoms with E-state index in [1.807, 2.05) is 13.1 Å². The zero-order chi connectivity index (χ0) is 10.1. The van der Waals surface area contributed by atoms with Gasteiger partial charge in [0.2, 0.25) is 0 Å². The quantitative estimate of drug-likeness (QED) is 0.746. The molecule has 0 spiro atoms. The molecule has 0 fully saturated rings. The first-order valence-corrected chi connectivity index (χ1v) is 3.97. The Labute approximate surface area is 77.8 Å². The lowest BCUT2D eigenvalue weighted by molar-refractivity contribution is -0.191. The van der Waals surface area contributed by atoms with Gasteiger partial charge in [-0.3, -0.25) is 0 Å². The van der Waals surface area contributed by atoms with Crippen molar-refractivity contribution in [2.75, 3.05) is 7.05 Å². The van der Waals surface area contributed by atoms with Gasteiger partial charge in [0.05, 0.1) is 0 Å². The van der Waals surface area contributed by atoms with Crippen LogP contribution in [-0.2, 0) is 9.59 Å². The van der Waals surface area contributed by atoms with Gasteiger partial charge in [0, 0.05) is 6.04 Å². The molecule has 0 amide bonds. The van der Waals surface area contributed by atoms with Crippen LogP contribution in [0.2, 0.25) is 0 Å². The maximum atomic E-state index is 8.12. The fourth-order valence-corrected chi connectivity index (χ4v) is 0.908. The van der Waals surface area contributed by atoms with Gasteiger partial charge < -0.3 is 5.32 Å². The number of nitrogens with one attached hydrogen (secondary N) is 1. The molecule has 1 aromatic rings. The summed E-state index contributed by atoms with van der Waals surface area (Å²) in [5.74, 6) is 0. The number of rotatable bonds is 2. The van der Waals surface area contributed by atoms with Crippen LogP contribution in [-0.4, -0.2) is 13.2 Å². The van der Waals surface area contributed by atoms with Crippen molar-refractivity contribution in [1.82, 2.24) is 5.32 Å². The van der Waals surface area contributed by atoms with Gasteiger partial charge in [-0.25, -0.2) is 0 Å². The van der Waals surface area contributed by atoms with E-state index in [1.165, 1.54) is 5.56 Å². The van der Waals surface area contributed by atoms with Crippen LogP contribution in [0.5, 0.6) is 0 Å². The standard InChI is InChI=1S/C9H13N.CO2/c1-8(10-2)9-6-4-3-5-7-9;2-1-3/h3-8,10H,1-2H3;. The van der Waals surface area contributed by atoms with Crippen molar-refractivity contribution in [2.24, 2.45) is 0 Å². The Bertz CT molecular complexity index is 253. The molecule has 3 heteroatoms. The van der Waals surface area contributed by atoms with E-state index in [4.69, 9.17) is 9.59 Å². The molecule has 3 nitrogen and oxygen atoms in total. The van der Waals surface area contributed by atoms with Crippen molar-refractivity contribution in [3.05, 3.63) is 35.9 Å². The summed E-state index contributed by atoms with van der Waals surface area (Å²) in [6, 6.07) is 10.9. The molecule has 0 saturated heterocycles. The van der Waals surface area contributed by atoms with Crippen molar-refractivity contribution < 1.29 is 9.59 Å². The molecule has 13 heavy (non-hydrogen) atoms. The lowest BCUT2D eigenvalue weighted by Crippen LogP contribution is -2.11. The van der Waals surface area contributed by atoms with E-state index in [-0.39, 0.29) is 6.15 Å². The second-order valence-electron chi connectivity index (χ2n) is 2.50. The van der Waals surface area contributed by atoms with Crippen LogP contribution in [0.4, 0.5) is 0 Å². The molecule has 0 aliphatic heterocycles. The fraction of sp³-hybridized carbons (Fsp3) is 0.300. The van der Waals surface area contributed by atoms with E-state index >= 15 is 0 Å². The van der Waals surface area contributed by atoms with Crippen molar-refractivity contribution in [1.29, 1.82) is 0 Å². The molecule has 0 radical (unpaired) electrons. The lowest BCUT2D eigenvalue weighted by atomic mass is 10.1. The summed E-state index contributed by atoms with van der Waals surface area (Å²) in [4.78, 5) is 16.2. The van der Waals surface area contributed by atoms with E-state index in [9.17, 15) is 0 Å². The molecule has 0 aliphatic carbocycles. The zero-order valence-electron chi connectivity index (χ0n) is 7.78. The van der Waals surface area contributed by atoms with Gasteiger partial charge in [0.15, 0.2) is 0 Å². The Morgan fingerprint density at radius 2 is 1.69 bits per heavy atom. The molecule has 70 valence electrons. The van der Waals surface area contributed by atoms with Gasteiger partial charge in [-0.15, -0.1) is 0 Å². The molecule has 1 atom stereocenters. The van der Waals surface area contributed by atoms with Crippen LogP contribution in [0.15, 0.2) is 30.3 Å². The molecule has 1 N–H and O–H groups in total. The highest BCUT2D eigenvalue weighted by atomic mass is 16.2. The SMILES string of the molecule is CNC(C)c1ccccc1.O=C=O. The molecule has 0 aliphatic rings. The van der Waals surface area contributed by atoms with Crippen LogP contribution in [0.1, 0.15) is 18.5 Å². The van der Waals surface area contributed by atoms with Crippen LogP contribution in [0, 0.1) is 0 Å². The van der Waals surface area contributed by atoms with Gasteiger partial charge in [-0.05, 0) is 19.5 Å². The maximum absolute atomic E-state index is 8.12. The summed E-state index contributed by atoms with van der Waals surface area (Å²) in [6.07, 6.45) is 0.250. The minimum atomic E-state index is 0.250. The predicted molar refractivity (Wildman–Crippen MR) is 48.9 cm³/mol. The number of hydrogen-bond donors (Lipinski definition) is 1. The first-order valence-electron chi connectivity index (χ1n) is 3.97. The molecule has 0 saturated carbocycles. The summed E-state index contributed by atoms with van der Waals surface area (Å²) in [5, 5.41) is 3.18. The molecular formula is C10H13NO2. The Morgan fingerprint density at radius 3 is 2.08 bits per heavy atom. The van der Waals surface area contributed by atoms with Crippen molar-refractivity contribution in [3.63, 3.8) is 0 Å². The molecule has 0 aromatic heterocycles. The Kier molecular flexibility index (Phi) is 6.42. The van der Waals surface area contributed by atoms with Crippen LogP contribution >= 0.6 is 0 Å². The smallest absolute Gasteiger partial charge is 0.313 e. The second-order valence-corrected chi connectivity index (χ2v) is 2.50. The van der Waals surface area contributed by atoms with Crippen LogP contribution in [0.25, 0.3) is 0 Å². The highest BCUT2D eigenvalue weighted by molar-refractivity contribution is 5.20. The van der Waals surface area contributed by atoms with Gasteiger partial charge in [0.25, 0.3) is 0 Å². The summed E-state index contributed by atoms with van der Waals surface area (Å²) in [6.45, 7) is 2.15. The maximum Gasteiger partial charge on any atom is 0.373 e. The summed E-state index contributed by atoms with van der Waals surface area (Å²) in [7, 11) is 1.97. The van der Waals surface area contributed by atoms with Crippen molar-refractivity contribution in [3.8, 4) is 0 Å². The average molecular weight is 179 g/mol. The molecule has 1 rings (SSSR count). The summed E-state index contributed by atoms with van der Waals surface area (Å²) in [5.41, 5.74) is 1.34. The molecule has 1 aromatic carbocycles. The molecule has 0 heterocycles. The molecular weight excluding hydrogens is 166 g/mol. The zero-order valence-corrected chi connectivity index (χ0v) is 7.78. The van der Waals surface area contributed by atoms with Gasteiger partial charge >= 0.3 is 6.15 Å². The van der Waals surface area contributed by atoms with Crippen LogP contribution in [0.3, 0.4) is 0 Å². The average Bonchev–Trinajstić information content (AvgIpc) is 2.19. The predicted octanol–water partition coefficient (Wildman–Crippen LogP) is 1.38. The highest BCUT2D eigenvalue weighted by Crippen LogP contribution is 2.09. The molecule has 0 bridgehead atoms. The number of carbonyl (C=O) groups excluding carboxylic acids is 2. The molecule has 1 unspecified atom stereocenters. The van der Waals surface area contributed by atoms with E-state index in [2.05, 4.69) is 36.5 Å². The number of benzene rings is 1. The van der Waals surface area contributed by atoms with E-state index in [1.54, 1.807) is 0 Å². The summed E-state index contributed by atoms with van der Waals surface area (Å²) >= 11 is 0. The fourth-order valence-electron chi connectivity index (χ4n) is 0.908. The Hall–Kier alpha value is -1.44. The highest BCUT2D eigenvalue weighted by Gasteiger charge is 1.97. The third kappa shape index (κ3) is 4.90. The van der Waals surface area contributed by atoms with E-state index < -0.39 is 0 Å². The number of hydrogen-bond acceptors (Lipinski definition) is 3. The van der Waals surface area contributed by atoms with Crippen molar-refractivity contribution in [2.45, 2.75) is 13.0 Å². The van der Waals surface area contributed by atoms with Gasteiger partial charge in [-0.2, -0.15) is 9.59 Å². The minimum absolute atomic E-state index is 0.250. The monoisotopic (exact) mass is 179 g/mol. The van der Waals surface area contributed by atoms with Crippen molar-refractivity contribution >= 4 is 6.15 Å². The second kappa shape index (κ2) is 7.22. The first kappa shape index (κ1) is 11.6. The Morgan fingerprint density at radius 1 is 1.23 bits per heavy atom. The topological polar surface area (TPSA) is 46.2 Å². The van der Waals surface area contributed by atoms with E-state index in [0.29, 0.717) is 6.04 Å².